The number of likely N-dealkylation sites (tertiary alicyclic amines) is 1. The summed E-state index contributed by atoms with van der Waals surface area (Å²) >= 11 is 0. The fourth-order valence-electron chi connectivity index (χ4n) is 1.95. The third kappa shape index (κ3) is 2.78. The Morgan fingerprint density at radius 2 is 1.94 bits per heavy atom. The van der Waals surface area contributed by atoms with Gasteiger partial charge in [-0.1, -0.05) is 30.3 Å². The van der Waals surface area contributed by atoms with Crippen LogP contribution in [0.15, 0.2) is 30.3 Å². The van der Waals surface area contributed by atoms with Crippen molar-refractivity contribution < 1.29 is 9.53 Å². The van der Waals surface area contributed by atoms with Crippen LogP contribution in [0.2, 0.25) is 0 Å². The Morgan fingerprint density at radius 1 is 1.29 bits per heavy atom. The summed E-state index contributed by atoms with van der Waals surface area (Å²) in [4.78, 5) is 13.7. The second kappa shape index (κ2) is 4.40. The van der Waals surface area contributed by atoms with Crippen molar-refractivity contribution >= 4 is 6.09 Å². The first-order valence-electron chi connectivity index (χ1n) is 6.02. The minimum absolute atomic E-state index is 0.186. The summed E-state index contributed by atoms with van der Waals surface area (Å²) in [5.74, 6) is 0. The van der Waals surface area contributed by atoms with Crippen LogP contribution in [0.25, 0.3) is 0 Å². The van der Waals surface area contributed by atoms with Crippen molar-refractivity contribution in [2.75, 3.05) is 6.54 Å². The molecule has 1 amide bonds. The molecule has 1 unspecified atom stereocenters. The minimum Gasteiger partial charge on any atom is -0.444 e. The van der Waals surface area contributed by atoms with Gasteiger partial charge in [0.05, 0.1) is 6.04 Å². The van der Waals surface area contributed by atoms with Crippen LogP contribution in [0, 0.1) is 0 Å². The van der Waals surface area contributed by atoms with Gasteiger partial charge in [0.2, 0.25) is 0 Å². The summed E-state index contributed by atoms with van der Waals surface area (Å²) in [6, 6.07) is 10.3. The topological polar surface area (TPSA) is 29.5 Å². The molecule has 0 aromatic heterocycles. The Bertz CT molecular complexity index is 394. The van der Waals surface area contributed by atoms with E-state index in [1.54, 1.807) is 4.90 Å². The van der Waals surface area contributed by atoms with Gasteiger partial charge in [-0.2, -0.15) is 0 Å². The number of benzene rings is 1. The highest BCUT2D eigenvalue weighted by atomic mass is 16.6. The molecule has 0 saturated carbocycles. The van der Waals surface area contributed by atoms with Gasteiger partial charge in [0.1, 0.15) is 5.60 Å². The van der Waals surface area contributed by atoms with Gasteiger partial charge >= 0.3 is 6.09 Å². The number of hydrogen-bond donors (Lipinski definition) is 0. The lowest BCUT2D eigenvalue weighted by Gasteiger charge is -2.41. The summed E-state index contributed by atoms with van der Waals surface area (Å²) < 4.78 is 5.38. The molecule has 0 N–H and O–H groups in total. The van der Waals surface area contributed by atoms with Crippen LogP contribution in [0.3, 0.4) is 0 Å². The highest BCUT2D eigenvalue weighted by Gasteiger charge is 2.35. The number of rotatable bonds is 1. The van der Waals surface area contributed by atoms with Gasteiger partial charge in [0.25, 0.3) is 0 Å². The molecule has 1 fully saturated rings. The van der Waals surface area contributed by atoms with E-state index in [4.69, 9.17) is 4.74 Å². The predicted molar refractivity (Wildman–Crippen MR) is 66.7 cm³/mol. The Morgan fingerprint density at radius 3 is 2.41 bits per heavy atom. The van der Waals surface area contributed by atoms with E-state index in [9.17, 15) is 4.79 Å². The lowest BCUT2D eigenvalue weighted by molar-refractivity contribution is -0.00574. The second-order valence-electron chi connectivity index (χ2n) is 5.39. The molecule has 1 heterocycles. The molecule has 1 saturated heterocycles. The van der Waals surface area contributed by atoms with Crippen LogP contribution in [-0.2, 0) is 4.74 Å². The number of amides is 1. The third-order valence-electron chi connectivity index (χ3n) is 2.83. The SMILES string of the molecule is CC(C)(C)OC(=O)N1CCC1c1ccccc1. The maximum atomic E-state index is 11.9. The molecule has 3 nitrogen and oxygen atoms in total. The number of ether oxygens (including phenoxy) is 1. The fraction of sp³-hybridized carbons (Fsp3) is 0.500. The van der Waals surface area contributed by atoms with Crippen LogP contribution in [0.4, 0.5) is 4.79 Å². The number of carbonyl (C=O) groups is 1. The summed E-state index contributed by atoms with van der Waals surface area (Å²) in [6.45, 7) is 6.46. The molecule has 0 aliphatic carbocycles. The molecule has 92 valence electrons. The van der Waals surface area contributed by atoms with Crippen molar-refractivity contribution in [3.05, 3.63) is 35.9 Å². The lowest BCUT2D eigenvalue weighted by Crippen LogP contribution is -2.47. The van der Waals surface area contributed by atoms with Gasteiger partial charge < -0.3 is 9.64 Å². The van der Waals surface area contributed by atoms with Crippen molar-refractivity contribution in [1.82, 2.24) is 4.90 Å². The van der Waals surface area contributed by atoms with Gasteiger partial charge in [-0.3, -0.25) is 0 Å². The van der Waals surface area contributed by atoms with Gasteiger partial charge in [-0.25, -0.2) is 4.79 Å². The molecule has 3 heteroatoms. The van der Waals surface area contributed by atoms with Crippen molar-refractivity contribution in [1.29, 1.82) is 0 Å². The predicted octanol–water partition coefficient (Wildman–Crippen LogP) is 3.37. The van der Waals surface area contributed by atoms with Crippen molar-refractivity contribution in [2.24, 2.45) is 0 Å². The number of carbonyl (C=O) groups excluding carboxylic acids is 1. The van der Waals surface area contributed by atoms with Gasteiger partial charge in [-0.05, 0) is 32.8 Å². The van der Waals surface area contributed by atoms with E-state index in [-0.39, 0.29) is 12.1 Å². The molecule has 1 aliphatic rings. The summed E-state index contributed by atoms with van der Waals surface area (Å²) in [6.07, 6.45) is 0.807. The molecule has 0 bridgehead atoms. The first-order chi connectivity index (χ1) is 7.97. The van der Waals surface area contributed by atoms with Crippen LogP contribution < -0.4 is 0 Å². The molecule has 1 aromatic carbocycles. The standard InChI is InChI=1S/C14H19NO2/c1-14(2,3)17-13(16)15-10-9-12(15)11-7-5-4-6-8-11/h4-8,12H,9-10H2,1-3H3. The van der Waals surface area contributed by atoms with E-state index >= 15 is 0 Å². The molecule has 0 spiro atoms. The molecule has 17 heavy (non-hydrogen) atoms. The van der Waals surface area contributed by atoms with E-state index < -0.39 is 5.60 Å². The van der Waals surface area contributed by atoms with Crippen LogP contribution in [-0.4, -0.2) is 23.1 Å². The largest absolute Gasteiger partial charge is 0.444 e. The summed E-state index contributed by atoms with van der Waals surface area (Å²) in [5.41, 5.74) is 0.762. The number of hydrogen-bond acceptors (Lipinski definition) is 2. The zero-order chi connectivity index (χ0) is 12.5. The Hall–Kier alpha value is -1.51. The first-order valence-corrected chi connectivity index (χ1v) is 6.02. The maximum absolute atomic E-state index is 11.9. The fourth-order valence-corrected chi connectivity index (χ4v) is 1.95. The lowest BCUT2D eigenvalue weighted by atomic mass is 9.95. The maximum Gasteiger partial charge on any atom is 0.410 e. The highest BCUT2D eigenvalue weighted by Crippen LogP contribution is 2.34. The Labute approximate surface area is 102 Å². The average Bonchev–Trinajstić information content (AvgIpc) is 2.14. The van der Waals surface area contributed by atoms with Crippen LogP contribution in [0.5, 0.6) is 0 Å². The molecular weight excluding hydrogens is 214 g/mol. The monoisotopic (exact) mass is 233 g/mol. The smallest absolute Gasteiger partial charge is 0.410 e. The first kappa shape index (κ1) is 12.0. The number of nitrogens with zero attached hydrogens (tertiary/aromatic N) is 1. The van der Waals surface area contributed by atoms with E-state index in [1.165, 1.54) is 5.56 Å². The molecular formula is C14H19NO2. The Kier molecular flexibility index (Phi) is 3.09. The second-order valence-corrected chi connectivity index (χ2v) is 5.39. The average molecular weight is 233 g/mol. The molecule has 1 atom stereocenters. The summed E-state index contributed by atoms with van der Waals surface area (Å²) in [5, 5.41) is 0. The minimum atomic E-state index is -0.423. The molecule has 1 aromatic rings. The van der Waals surface area contributed by atoms with E-state index in [0.29, 0.717) is 0 Å². The van der Waals surface area contributed by atoms with Crippen molar-refractivity contribution in [3.8, 4) is 0 Å². The van der Waals surface area contributed by atoms with E-state index in [1.807, 2.05) is 39.0 Å². The van der Waals surface area contributed by atoms with Crippen LogP contribution >= 0.6 is 0 Å². The van der Waals surface area contributed by atoms with Gasteiger partial charge in [0, 0.05) is 6.54 Å². The summed E-state index contributed by atoms with van der Waals surface area (Å²) in [7, 11) is 0. The van der Waals surface area contributed by atoms with Gasteiger partial charge in [-0.15, -0.1) is 0 Å². The third-order valence-corrected chi connectivity index (χ3v) is 2.83. The van der Waals surface area contributed by atoms with E-state index in [2.05, 4.69) is 12.1 Å². The van der Waals surface area contributed by atoms with Crippen molar-refractivity contribution in [3.63, 3.8) is 0 Å². The molecule has 1 aliphatic heterocycles. The quantitative estimate of drug-likeness (QED) is 0.744. The normalized spacial score (nSPS) is 19.7. The zero-order valence-electron chi connectivity index (χ0n) is 10.6. The Balaban J connectivity index is 2.02. The molecule has 0 radical (unpaired) electrons. The van der Waals surface area contributed by atoms with E-state index in [0.717, 1.165) is 13.0 Å². The highest BCUT2D eigenvalue weighted by molar-refractivity contribution is 5.70. The molecule has 2 rings (SSSR count). The van der Waals surface area contributed by atoms with Crippen molar-refractivity contribution in [2.45, 2.75) is 38.8 Å². The van der Waals surface area contributed by atoms with Crippen LogP contribution in [0.1, 0.15) is 38.8 Å². The van der Waals surface area contributed by atoms with Gasteiger partial charge in [0.15, 0.2) is 0 Å². The zero-order valence-corrected chi connectivity index (χ0v) is 10.6.